The summed E-state index contributed by atoms with van der Waals surface area (Å²) in [5, 5.41) is 14.4. The molecule has 2 bridgehead atoms. The maximum Gasteiger partial charge on any atom is 0.303 e. The summed E-state index contributed by atoms with van der Waals surface area (Å²) in [7, 11) is 3.92. The van der Waals surface area contributed by atoms with Crippen molar-refractivity contribution < 1.29 is 43.2 Å². The van der Waals surface area contributed by atoms with Gasteiger partial charge in [0, 0.05) is 51.4 Å². The molecule has 3 saturated heterocycles. The lowest BCUT2D eigenvalue weighted by molar-refractivity contribution is -0.339. The molecule has 3 aliphatic heterocycles. The molecule has 3 aliphatic rings. The first-order valence-electron chi connectivity index (χ1n) is 18.8. The zero-order valence-electron chi connectivity index (χ0n) is 32.5. The van der Waals surface area contributed by atoms with E-state index in [0.717, 1.165) is 41.6 Å². The van der Waals surface area contributed by atoms with Crippen LogP contribution >= 0.6 is 0 Å². The number of nitrogens with one attached hydrogen (secondary N) is 1. The first-order valence-corrected chi connectivity index (χ1v) is 18.8. The standard InChI is InChI=1S/C41H57N3O9/c1-26-14-19-33(41-37(52-29(4)46)36(51-28(3)45)27(2)40(53-41,25-50-41)39(5,6)49)24-32(26)23-31-17-15-30(16-18-31)11-9-13-35(47)44-21-10-12-34(44)38(48)42-20-22-43(7)8/h14-19,24,27,34,36-37,49H,9-13,20-23,25H2,1-8H3,(H,42,48)/t27-,34-,36-,37+,40-,41-/m0/s1. The van der Waals surface area contributed by atoms with Crippen molar-refractivity contribution in [1.82, 2.24) is 15.1 Å². The third-order valence-corrected chi connectivity index (χ3v) is 11.1. The van der Waals surface area contributed by atoms with Gasteiger partial charge in [0.2, 0.25) is 17.6 Å². The fraction of sp³-hybridized carbons (Fsp3) is 0.610. The summed E-state index contributed by atoms with van der Waals surface area (Å²) in [6.45, 7) is 11.6. The lowest BCUT2D eigenvalue weighted by atomic mass is 9.70. The van der Waals surface area contributed by atoms with Gasteiger partial charge in [-0.25, -0.2) is 0 Å². The number of fused-ring (bicyclic) bond motifs is 2. The number of likely N-dealkylation sites (N-methyl/N-ethyl adjacent to an activating group) is 1. The maximum atomic E-state index is 13.1. The normalized spacial score (nSPS) is 26.8. The van der Waals surface area contributed by atoms with Crippen LogP contribution in [0.4, 0.5) is 0 Å². The van der Waals surface area contributed by atoms with Crippen LogP contribution in [-0.2, 0) is 56.8 Å². The molecule has 12 heteroatoms. The highest BCUT2D eigenvalue weighted by Gasteiger charge is 2.72. The Kier molecular flexibility index (Phi) is 12.4. The van der Waals surface area contributed by atoms with Gasteiger partial charge in [-0.2, -0.15) is 0 Å². The van der Waals surface area contributed by atoms with E-state index in [1.54, 1.807) is 25.7 Å². The average molecular weight is 736 g/mol. The van der Waals surface area contributed by atoms with Gasteiger partial charge in [-0.1, -0.05) is 43.3 Å². The molecule has 3 fully saturated rings. The summed E-state index contributed by atoms with van der Waals surface area (Å²) in [4.78, 5) is 54.4. The van der Waals surface area contributed by atoms with Crippen LogP contribution in [0.1, 0.15) is 88.1 Å². The van der Waals surface area contributed by atoms with Crippen LogP contribution in [0.3, 0.4) is 0 Å². The molecule has 6 atom stereocenters. The fourth-order valence-electron chi connectivity index (χ4n) is 8.06. The quantitative estimate of drug-likeness (QED) is 0.275. The molecule has 2 N–H and O–H groups in total. The Balaban J connectivity index is 1.27. The predicted octanol–water partition coefficient (Wildman–Crippen LogP) is 3.80. The molecule has 0 aromatic heterocycles. The molecule has 0 radical (unpaired) electrons. The number of hydrogen-bond acceptors (Lipinski definition) is 10. The number of hydrogen-bond donors (Lipinski definition) is 2. The number of carbonyl (C=O) groups excluding carboxylic acids is 4. The Morgan fingerprint density at radius 1 is 1.04 bits per heavy atom. The van der Waals surface area contributed by atoms with Gasteiger partial charge in [-0.3, -0.25) is 19.2 Å². The third-order valence-electron chi connectivity index (χ3n) is 11.1. The van der Waals surface area contributed by atoms with Crippen molar-refractivity contribution in [3.63, 3.8) is 0 Å². The molecule has 5 rings (SSSR count). The molecule has 0 aliphatic carbocycles. The predicted molar refractivity (Wildman–Crippen MR) is 198 cm³/mol. The molecule has 0 saturated carbocycles. The molecule has 290 valence electrons. The van der Waals surface area contributed by atoms with Crippen molar-refractivity contribution in [2.24, 2.45) is 5.92 Å². The Morgan fingerprint density at radius 2 is 1.72 bits per heavy atom. The first kappa shape index (κ1) is 40.3. The lowest BCUT2D eigenvalue weighted by Crippen LogP contribution is -2.68. The van der Waals surface area contributed by atoms with Crippen molar-refractivity contribution in [2.75, 3.05) is 40.3 Å². The van der Waals surface area contributed by atoms with Gasteiger partial charge >= 0.3 is 11.9 Å². The van der Waals surface area contributed by atoms with Gasteiger partial charge in [0.15, 0.2) is 6.10 Å². The highest BCUT2D eigenvalue weighted by Crippen LogP contribution is 2.57. The SMILES string of the molecule is CC(=O)O[C@@H]1[C@@H](OC(C)=O)[C@@]2(c3ccc(C)c(Cc4ccc(CCCC(=O)N5CCC[C@H]5C(=O)NCCN(C)C)cc4)c3)OC[C@](C(C)(C)O)(O2)[C@H]1C. The summed E-state index contributed by atoms with van der Waals surface area (Å²) < 4.78 is 24.9. The van der Waals surface area contributed by atoms with Crippen molar-refractivity contribution >= 4 is 23.8 Å². The van der Waals surface area contributed by atoms with E-state index in [4.69, 9.17) is 18.9 Å². The van der Waals surface area contributed by atoms with E-state index in [1.807, 2.05) is 44.1 Å². The van der Waals surface area contributed by atoms with Gasteiger partial charge in [-0.05, 0) is 95.3 Å². The topological polar surface area (TPSA) is 144 Å². The largest absolute Gasteiger partial charge is 0.458 e. The molecule has 0 unspecified atom stereocenters. The van der Waals surface area contributed by atoms with Gasteiger partial charge in [-0.15, -0.1) is 0 Å². The number of aryl methyl sites for hydroxylation is 2. The van der Waals surface area contributed by atoms with Crippen LogP contribution in [0.5, 0.6) is 0 Å². The van der Waals surface area contributed by atoms with E-state index in [1.165, 1.54) is 13.8 Å². The molecule has 0 spiro atoms. The number of carbonyl (C=O) groups is 4. The molecule has 2 amide bonds. The molecule has 53 heavy (non-hydrogen) atoms. The second-order valence-corrected chi connectivity index (χ2v) is 15.7. The molecular weight excluding hydrogens is 678 g/mol. The fourth-order valence-corrected chi connectivity index (χ4v) is 8.06. The van der Waals surface area contributed by atoms with Crippen LogP contribution in [0, 0.1) is 12.8 Å². The number of benzene rings is 2. The lowest BCUT2D eigenvalue weighted by Gasteiger charge is -2.53. The van der Waals surface area contributed by atoms with Crippen LogP contribution in [0.25, 0.3) is 0 Å². The average Bonchev–Trinajstić information content (AvgIpc) is 3.73. The molecule has 3 heterocycles. The first-order chi connectivity index (χ1) is 25.0. The smallest absolute Gasteiger partial charge is 0.303 e. The molecule has 12 nitrogen and oxygen atoms in total. The summed E-state index contributed by atoms with van der Waals surface area (Å²) in [6, 6.07) is 13.7. The summed E-state index contributed by atoms with van der Waals surface area (Å²) >= 11 is 0. The van der Waals surface area contributed by atoms with Gasteiger partial charge < -0.3 is 39.2 Å². The van der Waals surface area contributed by atoms with E-state index >= 15 is 0 Å². The van der Waals surface area contributed by atoms with E-state index in [0.29, 0.717) is 44.3 Å². The number of aliphatic hydroxyl groups is 1. The maximum absolute atomic E-state index is 13.1. The second kappa shape index (κ2) is 16.3. The van der Waals surface area contributed by atoms with E-state index in [-0.39, 0.29) is 24.5 Å². The van der Waals surface area contributed by atoms with Crippen molar-refractivity contribution in [1.29, 1.82) is 0 Å². The van der Waals surface area contributed by atoms with Crippen LogP contribution in [0.15, 0.2) is 42.5 Å². The summed E-state index contributed by atoms with van der Waals surface area (Å²) in [6.07, 6.45) is 1.89. The minimum atomic E-state index is -1.63. The Hall–Kier alpha value is -3.84. The minimum absolute atomic E-state index is 0.00549. The van der Waals surface area contributed by atoms with Gasteiger partial charge in [0.25, 0.3) is 0 Å². The number of amides is 2. The van der Waals surface area contributed by atoms with E-state index < -0.39 is 47.1 Å². The molecule has 2 aromatic carbocycles. The number of esters is 2. The van der Waals surface area contributed by atoms with Gasteiger partial charge in [0.05, 0.1) is 12.2 Å². The highest BCUT2D eigenvalue weighted by molar-refractivity contribution is 5.88. The number of ether oxygens (including phenoxy) is 4. The van der Waals surface area contributed by atoms with Crippen LogP contribution in [-0.4, -0.2) is 108 Å². The highest BCUT2D eigenvalue weighted by atomic mass is 16.8. The zero-order valence-corrected chi connectivity index (χ0v) is 32.5. The Labute approximate surface area is 313 Å². The summed E-state index contributed by atoms with van der Waals surface area (Å²) in [5.74, 6) is -3.37. The zero-order chi connectivity index (χ0) is 38.7. The number of likely N-dealkylation sites (tertiary alicyclic amines) is 1. The van der Waals surface area contributed by atoms with Crippen LogP contribution < -0.4 is 5.32 Å². The third kappa shape index (κ3) is 8.61. The number of rotatable bonds is 14. The minimum Gasteiger partial charge on any atom is -0.458 e. The molecular formula is C41H57N3O9. The van der Waals surface area contributed by atoms with Crippen molar-refractivity contribution in [2.45, 2.75) is 115 Å². The van der Waals surface area contributed by atoms with Gasteiger partial charge in [0.1, 0.15) is 17.7 Å². The Bertz CT molecular complexity index is 1650. The van der Waals surface area contributed by atoms with E-state index in [2.05, 4.69) is 29.6 Å². The number of nitrogens with zero attached hydrogens (tertiary/aromatic N) is 2. The summed E-state index contributed by atoms with van der Waals surface area (Å²) in [5.41, 5.74) is 2.17. The van der Waals surface area contributed by atoms with E-state index in [9.17, 15) is 24.3 Å². The van der Waals surface area contributed by atoms with Crippen molar-refractivity contribution in [3.05, 3.63) is 70.3 Å². The van der Waals surface area contributed by atoms with Crippen LogP contribution in [0.2, 0.25) is 0 Å². The Morgan fingerprint density at radius 3 is 2.36 bits per heavy atom. The monoisotopic (exact) mass is 735 g/mol. The second-order valence-electron chi connectivity index (χ2n) is 15.7. The van der Waals surface area contributed by atoms with Crippen molar-refractivity contribution in [3.8, 4) is 0 Å². The molecule has 2 aromatic rings.